The van der Waals surface area contributed by atoms with Gasteiger partial charge in [0, 0.05) is 13.0 Å². The number of hydrogen-bond donors (Lipinski definition) is 3. The van der Waals surface area contributed by atoms with E-state index in [1.807, 2.05) is 0 Å². The topological polar surface area (TPSA) is 114 Å². The third kappa shape index (κ3) is 24.6. The molecular weight excluding hydrogens is 412 g/mol. The van der Waals surface area contributed by atoms with E-state index in [2.05, 4.69) is 17.6 Å². The van der Waals surface area contributed by atoms with Crippen LogP contribution in [0.1, 0.15) is 96.8 Å². The molecule has 32 heavy (non-hydrogen) atoms. The number of hydrogen-bond acceptors (Lipinski definition) is 5. The van der Waals surface area contributed by atoms with Crippen LogP contribution < -0.4 is 10.6 Å². The van der Waals surface area contributed by atoms with Crippen molar-refractivity contribution in [2.75, 3.05) is 39.5 Å². The highest BCUT2D eigenvalue weighted by Crippen LogP contribution is 2.12. The molecule has 0 spiro atoms. The fourth-order valence-electron chi connectivity index (χ4n) is 3.26. The average molecular weight is 459 g/mol. The lowest BCUT2D eigenvalue weighted by Crippen LogP contribution is -2.32. The van der Waals surface area contributed by atoms with Gasteiger partial charge in [-0.3, -0.25) is 14.4 Å². The quantitative estimate of drug-likeness (QED) is 0.190. The van der Waals surface area contributed by atoms with Crippen molar-refractivity contribution in [3.05, 3.63) is 0 Å². The van der Waals surface area contributed by atoms with Gasteiger partial charge in [0.15, 0.2) is 0 Å². The number of nitrogens with one attached hydrogen (secondary N) is 2. The summed E-state index contributed by atoms with van der Waals surface area (Å²) in [7, 11) is 0. The van der Waals surface area contributed by atoms with Crippen molar-refractivity contribution >= 4 is 17.8 Å². The van der Waals surface area contributed by atoms with E-state index in [1.165, 1.54) is 70.6 Å². The molecule has 8 heteroatoms. The summed E-state index contributed by atoms with van der Waals surface area (Å²) in [6.45, 7) is 3.01. The standard InChI is InChI=1S/C24H46N2O6/c1-2-3-4-5-6-7-8-9-10-11-12-13-14-15-22(27)25-16-17-31-18-19-32-21-23(28)26-20-24(29)30/h2-21H2,1H3,(H,25,27)(H,26,28)(H,29,30). The number of aliphatic carboxylic acids is 1. The van der Waals surface area contributed by atoms with Gasteiger partial charge in [0.2, 0.25) is 11.8 Å². The van der Waals surface area contributed by atoms with Crippen molar-refractivity contribution in [3.8, 4) is 0 Å². The Morgan fingerprint density at radius 2 is 1.19 bits per heavy atom. The number of rotatable bonds is 24. The second kappa shape index (κ2) is 24.0. The Hall–Kier alpha value is -1.67. The van der Waals surface area contributed by atoms with E-state index in [9.17, 15) is 14.4 Å². The van der Waals surface area contributed by atoms with Crippen LogP contribution in [0.4, 0.5) is 0 Å². The highest BCUT2D eigenvalue weighted by Gasteiger charge is 2.04. The van der Waals surface area contributed by atoms with E-state index < -0.39 is 18.4 Å². The molecule has 0 atom stereocenters. The molecule has 0 rings (SSSR count). The summed E-state index contributed by atoms with van der Waals surface area (Å²) in [4.78, 5) is 33.3. The molecule has 2 amide bonds. The maximum Gasteiger partial charge on any atom is 0.322 e. The van der Waals surface area contributed by atoms with Gasteiger partial charge in [0.25, 0.3) is 0 Å². The zero-order valence-electron chi connectivity index (χ0n) is 20.1. The molecule has 0 aliphatic heterocycles. The van der Waals surface area contributed by atoms with Gasteiger partial charge in [0.1, 0.15) is 13.2 Å². The molecule has 0 aromatic carbocycles. The molecular formula is C24H46N2O6. The van der Waals surface area contributed by atoms with E-state index in [0.29, 0.717) is 26.2 Å². The summed E-state index contributed by atoms with van der Waals surface area (Å²) in [5.41, 5.74) is 0. The molecule has 0 bridgehead atoms. The van der Waals surface area contributed by atoms with Crippen molar-refractivity contribution in [1.82, 2.24) is 10.6 Å². The Labute approximate surface area is 194 Å². The summed E-state index contributed by atoms with van der Waals surface area (Å²) < 4.78 is 10.4. The van der Waals surface area contributed by atoms with Crippen molar-refractivity contribution in [2.45, 2.75) is 96.8 Å². The second-order valence-corrected chi connectivity index (χ2v) is 8.18. The minimum atomic E-state index is -1.10. The minimum absolute atomic E-state index is 0.0584. The van der Waals surface area contributed by atoms with E-state index in [0.717, 1.165) is 12.8 Å². The Morgan fingerprint density at radius 3 is 1.75 bits per heavy atom. The zero-order valence-corrected chi connectivity index (χ0v) is 20.1. The Kier molecular flexibility index (Phi) is 22.7. The number of carbonyl (C=O) groups excluding carboxylic acids is 2. The first-order valence-electron chi connectivity index (χ1n) is 12.5. The molecule has 3 N–H and O–H groups in total. The summed E-state index contributed by atoms with van der Waals surface area (Å²) in [6, 6.07) is 0. The largest absolute Gasteiger partial charge is 0.480 e. The molecule has 0 aromatic rings. The number of amides is 2. The molecule has 8 nitrogen and oxygen atoms in total. The molecule has 0 unspecified atom stereocenters. The SMILES string of the molecule is CCCCCCCCCCCCCCCC(=O)NCCOCCOCC(=O)NCC(=O)O. The lowest BCUT2D eigenvalue weighted by Gasteiger charge is -2.07. The van der Waals surface area contributed by atoms with Crippen LogP contribution in [0.3, 0.4) is 0 Å². The lowest BCUT2D eigenvalue weighted by atomic mass is 10.0. The van der Waals surface area contributed by atoms with Crippen LogP contribution in [0, 0.1) is 0 Å². The fourth-order valence-corrected chi connectivity index (χ4v) is 3.26. The van der Waals surface area contributed by atoms with Crippen LogP contribution in [0.5, 0.6) is 0 Å². The molecule has 188 valence electrons. The van der Waals surface area contributed by atoms with Crippen LogP contribution in [-0.2, 0) is 23.9 Å². The molecule has 0 aliphatic rings. The Bertz CT molecular complexity index is 473. The van der Waals surface area contributed by atoms with Crippen molar-refractivity contribution in [1.29, 1.82) is 0 Å². The highest BCUT2D eigenvalue weighted by atomic mass is 16.5. The van der Waals surface area contributed by atoms with Crippen molar-refractivity contribution in [2.24, 2.45) is 0 Å². The van der Waals surface area contributed by atoms with Gasteiger partial charge in [-0.2, -0.15) is 0 Å². The summed E-state index contributed by atoms with van der Waals surface area (Å²) >= 11 is 0. The third-order valence-corrected chi connectivity index (χ3v) is 5.12. The van der Waals surface area contributed by atoms with Gasteiger partial charge < -0.3 is 25.2 Å². The summed E-state index contributed by atoms with van der Waals surface area (Å²) in [5, 5.41) is 13.5. The summed E-state index contributed by atoms with van der Waals surface area (Å²) in [6.07, 6.45) is 17.4. The van der Waals surface area contributed by atoms with Crippen LogP contribution >= 0.6 is 0 Å². The van der Waals surface area contributed by atoms with Gasteiger partial charge in [-0.1, -0.05) is 84.0 Å². The van der Waals surface area contributed by atoms with Gasteiger partial charge in [0.05, 0.1) is 19.8 Å². The molecule has 0 aliphatic carbocycles. The van der Waals surface area contributed by atoms with E-state index in [4.69, 9.17) is 14.6 Å². The van der Waals surface area contributed by atoms with Crippen LogP contribution in [0.2, 0.25) is 0 Å². The van der Waals surface area contributed by atoms with E-state index in [-0.39, 0.29) is 19.1 Å². The molecule has 0 radical (unpaired) electrons. The third-order valence-electron chi connectivity index (χ3n) is 5.12. The minimum Gasteiger partial charge on any atom is -0.480 e. The van der Waals surface area contributed by atoms with Crippen molar-refractivity contribution in [3.63, 3.8) is 0 Å². The number of unbranched alkanes of at least 4 members (excludes halogenated alkanes) is 12. The summed E-state index contributed by atoms with van der Waals surface area (Å²) in [5.74, 6) is -1.52. The molecule has 0 saturated heterocycles. The maximum absolute atomic E-state index is 11.8. The Balaban J connectivity index is 3.24. The number of carbonyl (C=O) groups is 3. The lowest BCUT2D eigenvalue weighted by molar-refractivity contribution is -0.138. The number of carboxylic acids is 1. The van der Waals surface area contributed by atoms with Gasteiger partial charge in [-0.15, -0.1) is 0 Å². The highest BCUT2D eigenvalue weighted by molar-refractivity contribution is 5.81. The van der Waals surface area contributed by atoms with Crippen LogP contribution in [0.25, 0.3) is 0 Å². The molecule has 0 aromatic heterocycles. The molecule has 0 saturated carbocycles. The molecule has 0 heterocycles. The first-order chi connectivity index (χ1) is 15.6. The Morgan fingerprint density at radius 1 is 0.656 bits per heavy atom. The van der Waals surface area contributed by atoms with Crippen molar-refractivity contribution < 1.29 is 29.0 Å². The van der Waals surface area contributed by atoms with Gasteiger partial charge >= 0.3 is 5.97 Å². The zero-order chi connectivity index (χ0) is 23.7. The molecule has 0 fully saturated rings. The number of carboxylic acid groups (broad SMARTS) is 1. The predicted molar refractivity (Wildman–Crippen MR) is 126 cm³/mol. The maximum atomic E-state index is 11.8. The smallest absolute Gasteiger partial charge is 0.322 e. The van der Waals surface area contributed by atoms with Gasteiger partial charge in [-0.25, -0.2) is 0 Å². The van der Waals surface area contributed by atoms with Gasteiger partial charge in [-0.05, 0) is 6.42 Å². The monoisotopic (exact) mass is 458 g/mol. The second-order valence-electron chi connectivity index (χ2n) is 8.18. The van der Waals surface area contributed by atoms with E-state index in [1.54, 1.807) is 0 Å². The van der Waals surface area contributed by atoms with E-state index >= 15 is 0 Å². The van der Waals surface area contributed by atoms with Crippen LogP contribution in [0.15, 0.2) is 0 Å². The number of ether oxygens (including phenoxy) is 2. The van der Waals surface area contributed by atoms with Crippen LogP contribution in [-0.4, -0.2) is 62.4 Å². The first-order valence-corrected chi connectivity index (χ1v) is 12.5. The normalized spacial score (nSPS) is 10.8. The average Bonchev–Trinajstić information content (AvgIpc) is 2.77. The first kappa shape index (κ1) is 30.3. The predicted octanol–water partition coefficient (Wildman–Crippen LogP) is 3.82. The fraction of sp³-hybridized carbons (Fsp3) is 0.875.